The molecule has 0 saturated carbocycles. The molecule has 3 aromatic rings. The van der Waals surface area contributed by atoms with E-state index in [2.05, 4.69) is 91.0 Å². The van der Waals surface area contributed by atoms with Crippen molar-refractivity contribution in [2.75, 3.05) is 0 Å². The molecule has 0 aliphatic heterocycles. The molecular weight excluding hydrogens is 252 g/mol. The Hall–Kier alpha value is -2.60. The Labute approximate surface area is 126 Å². The first kappa shape index (κ1) is 13.4. The van der Waals surface area contributed by atoms with Crippen LogP contribution < -0.4 is 0 Å². The van der Waals surface area contributed by atoms with Crippen molar-refractivity contribution in [3.05, 3.63) is 107 Å². The Morgan fingerprint density at radius 2 is 1.19 bits per heavy atom. The lowest BCUT2D eigenvalue weighted by Gasteiger charge is -2.06. The molecule has 0 unspecified atom stereocenters. The van der Waals surface area contributed by atoms with Crippen molar-refractivity contribution in [2.24, 2.45) is 0 Å². The van der Waals surface area contributed by atoms with Crippen LogP contribution in [0.25, 0.3) is 12.2 Å². The summed E-state index contributed by atoms with van der Waals surface area (Å²) in [6, 6.07) is 29.6. The van der Waals surface area contributed by atoms with Gasteiger partial charge in [-0.25, -0.2) is 0 Å². The Morgan fingerprint density at radius 3 is 1.95 bits per heavy atom. The average Bonchev–Trinajstić information content (AvgIpc) is 2.56. The summed E-state index contributed by atoms with van der Waals surface area (Å²) in [5.74, 6) is 0. The maximum atomic E-state index is 2.21. The third kappa shape index (κ3) is 3.70. The molecule has 0 atom stereocenters. The number of hydrogen-bond donors (Lipinski definition) is 0. The van der Waals surface area contributed by atoms with Gasteiger partial charge in [0.2, 0.25) is 0 Å². The molecule has 102 valence electrons. The molecule has 21 heavy (non-hydrogen) atoms. The standard InChI is InChI=1S/C21H18/c1-3-9-18(10-4-1)15-16-20-13-7-8-14-21(20)17-19-11-5-2-6-12-19/h1-16H,17H2. The predicted octanol–water partition coefficient (Wildman–Crippen LogP) is 5.45. The van der Waals surface area contributed by atoms with E-state index < -0.39 is 0 Å². The summed E-state index contributed by atoms with van der Waals surface area (Å²) in [7, 11) is 0. The fourth-order valence-corrected chi connectivity index (χ4v) is 2.42. The van der Waals surface area contributed by atoms with Crippen molar-refractivity contribution in [3.63, 3.8) is 0 Å². The van der Waals surface area contributed by atoms with E-state index in [-0.39, 0.29) is 0 Å². The second-order valence-corrected chi connectivity index (χ2v) is 5.11. The average molecular weight is 270 g/mol. The number of hydrogen-bond acceptors (Lipinski definition) is 0. The third-order valence-corrected chi connectivity index (χ3v) is 3.55. The Balaban J connectivity index is 1.84. The molecule has 0 radical (unpaired) electrons. The third-order valence-electron chi connectivity index (χ3n) is 3.55. The number of benzene rings is 3. The molecule has 0 amide bonds. The van der Waals surface area contributed by atoms with Crippen LogP contribution in [0.5, 0.6) is 0 Å². The normalized spacial score (nSPS) is 10.9. The van der Waals surface area contributed by atoms with Crippen molar-refractivity contribution < 1.29 is 0 Å². The molecule has 0 heteroatoms. The summed E-state index contributed by atoms with van der Waals surface area (Å²) >= 11 is 0. The molecule has 0 N–H and O–H groups in total. The van der Waals surface area contributed by atoms with Crippen molar-refractivity contribution >= 4 is 12.2 Å². The molecule has 0 aliphatic rings. The topological polar surface area (TPSA) is 0 Å². The van der Waals surface area contributed by atoms with Gasteiger partial charge in [-0.05, 0) is 28.7 Å². The summed E-state index contributed by atoms with van der Waals surface area (Å²) in [4.78, 5) is 0. The van der Waals surface area contributed by atoms with E-state index in [9.17, 15) is 0 Å². The van der Waals surface area contributed by atoms with Gasteiger partial charge in [-0.15, -0.1) is 0 Å². The van der Waals surface area contributed by atoms with Crippen LogP contribution in [0.1, 0.15) is 22.3 Å². The highest BCUT2D eigenvalue weighted by Gasteiger charge is 2.00. The van der Waals surface area contributed by atoms with Crippen molar-refractivity contribution in [3.8, 4) is 0 Å². The molecule has 0 saturated heterocycles. The van der Waals surface area contributed by atoms with Gasteiger partial charge in [0.05, 0.1) is 0 Å². The quantitative estimate of drug-likeness (QED) is 0.553. The first-order chi connectivity index (χ1) is 10.4. The first-order valence-corrected chi connectivity index (χ1v) is 7.27. The summed E-state index contributed by atoms with van der Waals surface area (Å²) in [5, 5.41) is 0. The van der Waals surface area contributed by atoms with Gasteiger partial charge in [-0.2, -0.15) is 0 Å². The minimum Gasteiger partial charge on any atom is -0.0622 e. The SMILES string of the molecule is C(=Cc1ccccc1Cc1ccccc1)c1ccccc1. The van der Waals surface area contributed by atoms with Crippen LogP contribution in [0.15, 0.2) is 84.9 Å². The second-order valence-electron chi connectivity index (χ2n) is 5.11. The van der Waals surface area contributed by atoms with Gasteiger partial charge in [0.25, 0.3) is 0 Å². The fraction of sp³-hybridized carbons (Fsp3) is 0.0476. The molecular formula is C21H18. The van der Waals surface area contributed by atoms with Gasteiger partial charge in [0.15, 0.2) is 0 Å². The van der Waals surface area contributed by atoms with Gasteiger partial charge >= 0.3 is 0 Å². The highest BCUT2D eigenvalue weighted by Crippen LogP contribution is 2.17. The van der Waals surface area contributed by atoms with E-state index >= 15 is 0 Å². The van der Waals surface area contributed by atoms with Crippen molar-refractivity contribution in [1.29, 1.82) is 0 Å². The van der Waals surface area contributed by atoms with Gasteiger partial charge in [-0.3, -0.25) is 0 Å². The van der Waals surface area contributed by atoms with Crippen LogP contribution in [-0.2, 0) is 6.42 Å². The van der Waals surface area contributed by atoms with Crippen LogP contribution >= 0.6 is 0 Å². The largest absolute Gasteiger partial charge is 0.0622 e. The maximum absolute atomic E-state index is 2.21. The highest BCUT2D eigenvalue weighted by atomic mass is 14.0. The molecule has 0 fully saturated rings. The molecule has 0 aromatic heterocycles. The lowest BCUT2D eigenvalue weighted by Crippen LogP contribution is -1.91. The zero-order chi connectivity index (χ0) is 14.3. The lowest BCUT2D eigenvalue weighted by atomic mass is 9.99. The molecule has 3 aromatic carbocycles. The molecule has 3 rings (SSSR count). The van der Waals surface area contributed by atoms with Crippen LogP contribution in [0.3, 0.4) is 0 Å². The molecule has 0 bridgehead atoms. The van der Waals surface area contributed by atoms with Gasteiger partial charge in [-0.1, -0.05) is 97.1 Å². The molecule has 0 spiro atoms. The van der Waals surface area contributed by atoms with E-state index in [4.69, 9.17) is 0 Å². The first-order valence-electron chi connectivity index (χ1n) is 7.27. The van der Waals surface area contributed by atoms with Crippen LogP contribution in [0.2, 0.25) is 0 Å². The summed E-state index contributed by atoms with van der Waals surface area (Å²) in [6.45, 7) is 0. The number of rotatable bonds is 4. The van der Waals surface area contributed by atoms with Crippen molar-refractivity contribution in [1.82, 2.24) is 0 Å². The smallest absolute Gasteiger partial charge is 0.00198 e. The highest BCUT2D eigenvalue weighted by molar-refractivity contribution is 5.71. The zero-order valence-corrected chi connectivity index (χ0v) is 11.9. The van der Waals surface area contributed by atoms with Gasteiger partial charge in [0, 0.05) is 0 Å². The van der Waals surface area contributed by atoms with Crippen LogP contribution in [-0.4, -0.2) is 0 Å². The Bertz CT molecular complexity index is 709. The van der Waals surface area contributed by atoms with E-state index in [0.717, 1.165) is 6.42 Å². The zero-order valence-electron chi connectivity index (χ0n) is 11.9. The molecule has 0 heterocycles. The maximum Gasteiger partial charge on any atom is -0.00198 e. The molecule has 0 nitrogen and oxygen atoms in total. The van der Waals surface area contributed by atoms with Crippen LogP contribution in [0, 0.1) is 0 Å². The van der Waals surface area contributed by atoms with Crippen molar-refractivity contribution in [2.45, 2.75) is 6.42 Å². The Kier molecular flexibility index (Phi) is 4.28. The minimum atomic E-state index is 0.968. The van der Waals surface area contributed by atoms with E-state index in [0.29, 0.717) is 0 Å². The summed E-state index contributed by atoms with van der Waals surface area (Å²) in [5.41, 5.74) is 5.21. The summed E-state index contributed by atoms with van der Waals surface area (Å²) in [6.07, 6.45) is 5.34. The van der Waals surface area contributed by atoms with E-state index in [1.165, 1.54) is 22.3 Å². The lowest BCUT2D eigenvalue weighted by molar-refractivity contribution is 1.19. The minimum absolute atomic E-state index is 0.968. The van der Waals surface area contributed by atoms with Gasteiger partial charge in [0.1, 0.15) is 0 Å². The van der Waals surface area contributed by atoms with Gasteiger partial charge < -0.3 is 0 Å². The molecule has 0 aliphatic carbocycles. The fourth-order valence-electron chi connectivity index (χ4n) is 2.42. The van der Waals surface area contributed by atoms with E-state index in [1.54, 1.807) is 0 Å². The Morgan fingerprint density at radius 1 is 0.571 bits per heavy atom. The monoisotopic (exact) mass is 270 g/mol. The van der Waals surface area contributed by atoms with E-state index in [1.807, 2.05) is 6.07 Å². The predicted molar refractivity (Wildman–Crippen MR) is 91.1 cm³/mol. The van der Waals surface area contributed by atoms with Crippen LogP contribution in [0.4, 0.5) is 0 Å². The summed E-state index contributed by atoms with van der Waals surface area (Å²) < 4.78 is 0. The second kappa shape index (κ2) is 6.71.